The van der Waals surface area contributed by atoms with E-state index in [0.717, 1.165) is 23.6 Å². The molecule has 1 aromatic carbocycles. The predicted octanol–water partition coefficient (Wildman–Crippen LogP) is 4.06. The number of hydrogen-bond acceptors (Lipinski definition) is 3. The molecule has 4 heteroatoms. The Morgan fingerprint density at radius 1 is 1.09 bits per heavy atom. The van der Waals surface area contributed by atoms with Gasteiger partial charge >= 0.3 is 0 Å². The molecule has 4 rings (SSSR count). The van der Waals surface area contributed by atoms with E-state index in [-0.39, 0.29) is 0 Å². The molecule has 0 saturated heterocycles. The maximum absolute atomic E-state index is 4.81. The molecule has 1 aliphatic rings. The van der Waals surface area contributed by atoms with Crippen molar-refractivity contribution in [3.8, 4) is 0 Å². The van der Waals surface area contributed by atoms with Crippen molar-refractivity contribution in [3.05, 3.63) is 60.2 Å². The minimum absolute atomic E-state index is 0.561. The van der Waals surface area contributed by atoms with Crippen molar-refractivity contribution >= 4 is 11.5 Å². The molecule has 0 atom stereocenters. The number of rotatable bonds is 4. The summed E-state index contributed by atoms with van der Waals surface area (Å²) in [6, 6.07) is 11.1. The lowest BCUT2D eigenvalue weighted by molar-refractivity contribution is 0.461. The van der Waals surface area contributed by atoms with Gasteiger partial charge in [-0.3, -0.25) is 9.38 Å². The van der Waals surface area contributed by atoms with Crippen molar-refractivity contribution in [1.82, 2.24) is 14.4 Å². The maximum Gasteiger partial charge on any atom is 0.157 e. The van der Waals surface area contributed by atoms with Crippen LogP contribution in [0.25, 0.3) is 5.65 Å². The highest BCUT2D eigenvalue weighted by atomic mass is 15.2. The van der Waals surface area contributed by atoms with Gasteiger partial charge < -0.3 is 5.32 Å². The van der Waals surface area contributed by atoms with Gasteiger partial charge in [-0.1, -0.05) is 49.6 Å². The maximum atomic E-state index is 4.81. The zero-order valence-electron chi connectivity index (χ0n) is 13.3. The molecule has 1 fully saturated rings. The minimum atomic E-state index is 0.561. The van der Waals surface area contributed by atoms with Gasteiger partial charge in [-0.15, -0.1) is 0 Å². The number of benzene rings is 1. The molecule has 0 spiro atoms. The van der Waals surface area contributed by atoms with Crippen LogP contribution in [0, 0.1) is 0 Å². The second kappa shape index (κ2) is 6.41. The summed E-state index contributed by atoms with van der Waals surface area (Å²) in [5.41, 5.74) is 3.31. The number of hydrogen-bond donors (Lipinski definition) is 1. The Labute approximate surface area is 136 Å². The van der Waals surface area contributed by atoms with Crippen LogP contribution in [0.4, 0.5) is 5.82 Å². The largest absolute Gasteiger partial charge is 0.367 e. The van der Waals surface area contributed by atoms with Crippen molar-refractivity contribution in [2.24, 2.45) is 0 Å². The molecule has 0 amide bonds. The van der Waals surface area contributed by atoms with Crippen molar-refractivity contribution in [2.45, 2.75) is 44.6 Å². The Balaban J connectivity index is 1.69. The van der Waals surface area contributed by atoms with E-state index in [1.54, 1.807) is 0 Å². The van der Waals surface area contributed by atoms with E-state index in [2.05, 4.69) is 45.0 Å². The molecule has 0 radical (unpaired) electrons. The summed E-state index contributed by atoms with van der Waals surface area (Å²) in [5.74, 6) is 1.14. The highest BCUT2D eigenvalue weighted by Crippen LogP contribution is 2.26. The number of aromatic nitrogens is 3. The number of nitrogens with one attached hydrogen (secondary N) is 1. The zero-order chi connectivity index (χ0) is 15.5. The summed E-state index contributed by atoms with van der Waals surface area (Å²) in [6.45, 7) is 0. The first kappa shape index (κ1) is 14.2. The summed E-state index contributed by atoms with van der Waals surface area (Å²) in [7, 11) is 0. The highest BCUT2D eigenvalue weighted by molar-refractivity contribution is 5.55. The van der Waals surface area contributed by atoms with Gasteiger partial charge in [-0.2, -0.15) is 0 Å². The molecule has 4 nitrogen and oxygen atoms in total. The topological polar surface area (TPSA) is 42.2 Å². The molecule has 3 aromatic rings. The Kier molecular flexibility index (Phi) is 3.97. The van der Waals surface area contributed by atoms with Crippen LogP contribution in [0.15, 0.2) is 48.9 Å². The van der Waals surface area contributed by atoms with Crippen LogP contribution >= 0.6 is 0 Å². The van der Waals surface area contributed by atoms with Crippen LogP contribution in [0.5, 0.6) is 0 Å². The smallest absolute Gasteiger partial charge is 0.157 e. The number of anilines is 1. The third kappa shape index (κ3) is 3.07. The summed E-state index contributed by atoms with van der Waals surface area (Å²) in [6.07, 6.45) is 13.0. The monoisotopic (exact) mass is 306 g/mol. The molecule has 0 bridgehead atoms. The Morgan fingerprint density at radius 2 is 1.91 bits per heavy atom. The molecule has 0 aliphatic heterocycles. The summed E-state index contributed by atoms with van der Waals surface area (Å²) in [5, 5.41) is 3.77. The third-order valence-electron chi connectivity index (χ3n) is 4.66. The Hall–Kier alpha value is -2.36. The fourth-order valence-corrected chi connectivity index (χ4v) is 3.46. The number of nitrogens with zero attached hydrogens (tertiary/aromatic N) is 3. The first-order chi connectivity index (χ1) is 11.4. The highest BCUT2D eigenvalue weighted by Gasteiger charge is 2.18. The lowest BCUT2D eigenvalue weighted by Crippen LogP contribution is -2.23. The van der Waals surface area contributed by atoms with E-state index in [1.807, 2.05) is 18.6 Å². The summed E-state index contributed by atoms with van der Waals surface area (Å²) in [4.78, 5) is 9.02. The van der Waals surface area contributed by atoms with Crippen LogP contribution in [0.3, 0.4) is 0 Å². The summed E-state index contributed by atoms with van der Waals surface area (Å²) >= 11 is 0. The average Bonchev–Trinajstić information content (AvgIpc) is 2.94. The Bertz CT molecular complexity index is 772. The Morgan fingerprint density at radius 3 is 2.74 bits per heavy atom. The lowest BCUT2D eigenvalue weighted by atomic mass is 9.95. The van der Waals surface area contributed by atoms with E-state index in [0.29, 0.717) is 6.04 Å². The van der Waals surface area contributed by atoms with Gasteiger partial charge in [0.05, 0.1) is 11.9 Å². The van der Waals surface area contributed by atoms with Crippen LogP contribution < -0.4 is 5.32 Å². The number of imidazole rings is 1. The van der Waals surface area contributed by atoms with E-state index in [9.17, 15) is 0 Å². The standard InChI is InChI=1S/C19H22N4/c1-3-7-15(8-4-1)13-17-19(21-16-9-5-2-6-10-16)23-12-11-20-14-18(23)22-17/h1,3-4,7-8,11-12,14,16,21H,2,5-6,9-10,13H2. The van der Waals surface area contributed by atoms with Crippen LogP contribution in [0.1, 0.15) is 43.4 Å². The fraction of sp³-hybridized carbons (Fsp3) is 0.368. The van der Waals surface area contributed by atoms with Gasteiger partial charge in [0.2, 0.25) is 0 Å². The van der Waals surface area contributed by atoms with Crippen LogP contribution in [-0.2, 0) is 6.42 Å². The zero-order valence-corrected chi connectivity index (χ0v) is 13.3. The minimum Gasteiger partial charge on any atom is -0.367 e. The molecule has 118 valence electrons. The van der Waals surface area contributed by atoms with E-state index in [4.69, 9.17) is 4.98 Å². The van der Waals surface area contributed by atoms with Crippen molar-refractivity contribution in [1.29, 1.82) is 0 Å². The van der Waals surface area contributed by atoms with E-state index < -0.39 is 0 Å². The molecular weight excluding hydrogens is 284 g/mol. The first-order valence-electron chi connectivity index (χ1n) is 8.51. The van der Waals surface area contributed by atoms with E-state index >= 15 is 0 Å². The number of fused-ring (bicyclic) bond motifs is 1. The van der Waals surface area contributed by atoms with Gasteiger partial charge in [-0.05, 0) is 18.4 Å². The molecule has 2 aromatic heterocycles. The van der Waals surface area contributed by atoms with E-state index in [1.165, 1.54) is 37.7 Å². The van der Waals surface area contributed by atoms with Gasteiger partial charge in [0.1, 0.15) is 5.82 Å². The quantitative estimate of drug-likeness (QED) is 0.790. The van der Waals surface area contributed by atoms with Crippen molar-refractivity contribution < 1.29 is 0 Å². The van der Waals surface area contributed by atoms with Crippen LogP contribution in [-0.4, -0.2) is 20.4 Å². The molecular formula is C19H22N4. The van der Waals surface area contributed by atoms with Gasteiger partial charge in [-0.25, -0.2) is 4.98 Å². The molecule has 0 unspecified atom stereocenters. The molecule has 1 saturated carbocycles. The SMILES string of the molecule is c1ccc(Cc2nc3cnccn3c2NC2CCCCC2)cc1. The van der Waals surface area contributed by atoms with Crippen LogP contribution in [0.2, 0.25) is 0 Å². The van der Waals surface area contributed by atoms with Gasteiger partial charge in [0.25, 0.3) is 0 Å². The van der Waals surface area contributed by atoms with Crippen molar-refractivity contribution in [3.63, 3.8) is 0 Å². The van der Waals surface area contributed by atoms with Gasteiger partial charge in [0, 0.05) is 24.9 Å². The van der Waals surface area contributed by atoms with Gasteiger partial charge in [0.15, 0.2) is 5.65 Å². The molecule has 2 heterocycles. The van der Waals surface area contributed by atoms with Crippen molar-refractivity contribution in [2.75, 3.05) is 5.32 Å². The molecule has 23 heavy (non-hydrogen) atoms. The normalized spacial score (nSPS) is 15.8. The fourth-order valence-electron chi connectivity index (χ4n) is 3.46. The summed E-state index contributed by atoms with van der Waals surface area (Å²) < 4.78 is 2.14. The average molecular weight is 306 g/mol. The molecule has 1 N–H and O–H groups in total. The second-order valence-corrected chi connectivity index (χ2v) is 6.35. The molecule has 1 aliphatic carbocycles. The predicted molar refractivity (Wildman–Crippen MR) is 92.7 cm³/mol. The third-order valence-corrected chi connectivity index (χ3v) is 4.66. The first-order valence-corrected chi connectivity index (χ1v) is 8.51. The second-order valence-electron chi connectivity index (χ2n) is 6.35. The lowest BCUT2D eigenvalue weighted by Gasteiger charge is -2.24.